The maximum Gasteiger partial charge on any atom is 0.336 e. The quantitative estimate of drug-likeness (QED) is 0.0637. The van der Waals surface area contributed by atoms with Gasteiger partial charge in [0.1, 0.15) is 9.79 Å². The smallest absolute Gasteiger partial charge is 0.336 e. The largest absolute Gasteiger partial charge is 0.478 e. The molecule has 0 heterocycles. The molecule has 0 spiro atoms. The molecule has 0 aliphatic heterocycles. The van der Waals surface area contributed by atoms with E-state index in [0.717, 1.165) is 18.2 Å². The van der Waals surface area contributed by atoms with Crippen molar-refractivity contribution >= 4 is 77.2 Å². The first-order valence-corrected chi connectivity index (χ1v) is 16.4. The molecule has 2 amide bonds. The lowest BCUT2D eigenvalue weighted by molar-refractivity contribution is 0.0692. The van der Waals surface area contributed by atoms with Crippen molar-refractivity contribution in [2.45, 2.75) is 9.79 Å². The number of hydrogen-bond acceptors (Lipinski definition) is 10. The van der Waals surface area contributed by atoms with Gasteiger partial charge in [-0.05, 0) is 84.9 Å². The van der Waals surface area contributed by atoms with Gasteiger partial charge in [0.05, 0.1) is 22.5 Å². The molecule has 5 aromatic rings. The molecular weight excluding hydrogens is 666 g/mol. The molecule has 15 nitrogen and oxygen atoms in total. The van der Waals surface area contributed by atoms with Gasteiger partial charge in [0, 0.05) is 33.4 Å². The average molecular weight is 690 g/mol. The number of nitrogens with one attached hydrogen (secondary N) is 2. The molecule has 0 aliphatic rings. The van der Waals surface area contributed by atoms with Crippen molar-refractivity contribution in [1.82, 2.24) is 0 Å². The lowest BCUT2D eigenvalue weighted by Gasteiger charge is -2.11. The van der Waals surface area contributed by atoms with E-state index in [1.165, 1.54) is 54.6 Å². The van der Waals surface area contributed by atoms with Crippen LogP contribution in [0, 0.1) is 0 Å². The van der Waals surface area contributed by atoms with Crippen LogP contribution in [0.3, 0.4) is 0 Å². The van der Waals surface area contributed by atoms with Gasteiger partial charge in [0.25, 0.3) is 32.1 Å². The maximum absolute atomic E-state index is 12.9. The molecule has 0 fully saturated rings. The summed E-state index contributed by atoms with van der Waals surface area (Å²) in [7, 11) is -9.61. The third kappa shape index (κ3) is 7.51. The van der Waals surface area contributed by atoms with Crippen molar-refractivity contribution in [2.75, 3.05) is 16.4 Å². The number of hydrogen-bond donors (Lipinski definition) is 6. The van der Waals surface area contributed by atoms with E-state index >= 15 is 0 Å². The summed E-state index contributed by atoms with van der Waals surface area (Å²) in [6.45, 7) is 0. The van der Waals surface area contributed by atoms with E-state index in [4.69, 9.17) is 5.73 Å². The standard InChI is InChI=1S/C31H23N5O10S2/c32-18-5-7-19(8-6-18)34-30(38)24-13-4-17(14-26(24)31(39)40)29(37)33-20-9-11-21(12-10-20)35-36-22-15-25-23(28(16-22)48(44,45)46)2-1-3-27(25)47(41,42)43/h1-16H,32H2,(H,33,37)(H,34,38)(H,39,40)(H,41,42,43)(H,44,45,46). The van der Waals surface area contributed by atoms with Crippen molar-refractivity contribution in [3.63, 3.8) is 0 Å². The van der Waals surface area contributed by atoms with Crippen LogP contribution in [0.5, 0.6) is 0 Å². The summed E-state index contributed by atoms with van der Waals surface area (Å²) in [5.41, 5.74) is 6.22. The highest BCUT2D eigenvalue weighted by molar-refractivity contribution is 7.86. The summed E-state index contributed by atoms with van der Waals surface area (Å²) in [5.74, 6) is -2.81. The Hall–Kier alpha value is -6.01. The highest BCUT2D eigenvalue weighted by Crippen LogP contribution is 2.34. The minimum atomic E-state index is -4.84. The topological polar surface area (TPSA) is 255 Å². The number of fused-ring (bicyclic) bond motifs is 1. The van der Waals surface area contributed by atoms with Crippen molar-refractivity contribution in [2.24, 2.45) is 10.2 Å². The predicted molar refractivity (Wildman–Crippen MR) is 174 cm³/mol. The SMILES string of the molecule is Nc1ccc(NC(=O)c2ccc(C(=O)Nc3ccc(N=Nc4cc(S(=O)(=O)O)c5cccc(S(=O)(=O)O)c5c4)cc3)cc2C(=O)O)cc1. The third-order valence-electron chi connectivity index (χ3n) is 6.79. The van der Waals surface area contributed by atoms with Gasteiger partial charge >= 0.3 is 5.97 Å². The molecule has 0 saturated carbocycles. The Morgan fingerprint density at radius 2 is 1.19 bits per heavy atom. The Morgan fingerprint density at radius 1 is 0.604 bits per heavy atom. The maximum atomic E-state index is 12.9. The number of carbonyl (C=O) groups is 3. The number of carboxylic acid groups (broad SMARTS) is 1. The minimum absolute atomic E-state index is 0.0459. The second kappa shape index (κ2) is 13.0. The summed E-state index contributed by atoms with van der Waals surface area (Å²) < 4.78 is 67.1. The Bertz CT molecular complexity index is 2360. The molecule has 0 aromatic heterocycles. The molecule has 0 saturated heterocycles. The molecule has 5 aromatic carbocycles. The highest BCUT2D eigenvalue weighted by Gasteiger charge is 2.22. The van der Waals surface area contributed by atoms with E-state index in [1.807, 2.05) is 0 Å². The summed E-state index contributed by atoms with van der Waals surface area (Å²) in [6.07, 6.45) is 0. The highest BCUT2D eigenvalue weighted by atomic mass is 32.2. The Labute approximate surface area is 272 Å². The molecule has 5 rings (SSSR count). The summed E-state index contributed by atoms with van der Waals surface area (Å²) in [4.78, 5) is 36.3. The average Bonchev–Trinajstić information content (AvgIpc) is 3.03. The summed E-state index contributed by atoms with van der Waals surface area (Å²) in [5, 5.41) is 22.4. The zero-order valence-corrected chi connectivity index (χ0v) is 25.9. The number of nitrogens with two attached hydrogens (primary N) is 1. The van der Waals surface area contributed by atoms with Crippen molar-refractivity contribution in [3.8, 4) is 0 Å². The predicted octanol–water partition coefficient (Wildman–Crippen LogP) is 5.53. The fraction of sp³-hybridized carbons (Fsp3) is 0. The van der Waals surface area contributed by atoms with E-state index < -0.39 is 53.4 Å². The molecule has 17 heteroatoms. The summed E-state index contributed by atoms with van der Waals surface area (Å²) in [6, 6.07) is 21.2. The van der Waals surface area contributed by atoms with Gasteiger partial charge < -0.3 is 21.5 Å². The molecule has 48 heavy (non-hydrogen) atoms. The van der Waals surface area contributed by atoms with Crippen LogP contribution in [0.4, 0.5) is 28.4 Å². The number of aromatic carboxylic acids is 1. The fourth-order valence-electron chi connectivity index (χ4n) is 4.56. The van der Waals surface area contributed by atoms with Crippen molar-refractivity contribution < 1.29 is 45.4 Å². The fourth-order valence-corrected chi connectivity index (χ4v) is 5.98. The Balaban J connectivity index is 1.34. The van der Waals surface area contributed by atoms with E-state index in [2.05, 4.69) is 20.9 Å². The second-order valence-electron chi connectivity index (χ2n) is 10.1. The second-order valence-corrected chi connectivity index (χ2v) is 12.9. The minimum Gasteiger partial charge on any atom is -0.478 e. The number of nitrogens with zero attached hydrogens (tertiary/aromatic N) is 2. The van der Waals surface area contributed by atoms with E-state index in [-0.39, 0.29) is 39.0 Å². The normalized spacial score (nSPS) is 11.8. The molecule has 0 bridgehead atoms. The number of nitrogen functional groups attached to an aromatic ring is 1. The van der Waals surface area contributed by atoms with E-state index in [9.17, 15) is 45.4 Å². The lowest BCUT2D eigenvalue weighted by Crippen LogP contribution is -2.18. The van der Waals surface area contributed by atoms with Crippen molar-refractivity contribution in [1.29, 1.82) is 0 Å². The third-order valence-corrected chi connectivity index (χ3v) is 8.60. The van der Waals surface area contributed by atoms with Crippen LogP contribution in [0.1, 0.15) is 31.1 Å². The zero-order chi connectivity index (χ0) is 34.8. The Morgan fingerprint density at radius 3 is 1.79 bits per heavy atom. The van der Waals surface area contributed by atoms with Gasteiger partial charge in [-0.15, -0.1) is 0 Å². The molecule has 0 unspecified atom stereocenters. The van der Waals surface area contributed by atoms with Gasteiger partial charge in [-0.1, -0.05) is 12.1 Å². The number of rotatable bonds is 9. The van der Waals surface area contributed by atoms with Gasteiger partial charge in [0.15, 0.2) is 0 Å². The molecule has 0 atom stereocenters. The van der Waals surface area contributed by atoms with Gasteiger partial charge in [-0.3, -0.25) is 18.7 Å². The van der Waals surface area contributed by atoms with Crippen LogP contribution < -0.4 is 16.4 Å². The van der Waals surface area contributed by atoms with Gasteiger partial charge in [-0.25, -0.2) is 4.79 Å². The molecule has 0 aliphatic carbocycles. The Kier molecular flexibility index (Phi) is 9.04. The van der Waals surface area contributed by atoms with Crippen LogP contribution in [-0.2, 0) is 20.2 Å². The first-order chi connectivity index (χ1) is 22.6. The number of azo groups is 1. The number of benzene rings is 5. The van der Waals surface area contributed by atoms with Crippen LogP contribution in [0.25, 0.3) is 10.8 Å². The number of carbonyl (C=O) groups excluding carboxylic acids is 2. The summed E-state index contributed by atoms with van der Waals surface area (Å²) >= 11 is 0. The van der Waals surface area contributed by atoms with Gasteiger partial charge in [-0.2, -0.15) is 27.1 Å². The van der Waals surface area contributed by atoms with Gasteiger partial charge in [0.2, 0.25) is 0 Å². The molecule has 7 N–H and O–H groups in total. The molecule has 0 radical (unpaired) electrons. The van der Waals surface area contributed by atoms with Crippen LogP contribution >= 0.6 is 0 Å². The van der Waals surface area contributed by atoms with E-state index in [1.54, 1.807) is 24.3 Å². The van der Waals surface area contributed by atoms with Crippen LogP contribution in [0.2, 0.25) is 0 Å². The molecular formula is C31H23N5O10S2. The van der Waals surface area contributed by atoms with Crippen molar-refractivity contribution in [3.05, 3.63) is 114 Å². The number of amides is 2. The first-order valence-electron chi connectivity index (χ1n) is 13.5. The monoisotopic (exact) mass is 689 g/mol. The zero-order valence-electron chi connectivity index (χ0n) is 24.2. The number of carboxylic acids is 1. The molecule has 244 valence electrons. The van der Waals surface area contributed by atoms with E-state index in [0.29, 0.717) is 11.4 Å². The van der Waals surface area contributed by atoms with Crippen LogP contribution in [-0.4, -0.2) is 48.8 Å². The number of anilines is 3. The lowest BCUT2D eigenvalue weighted by atomic mass is 10.0. The van der Waals surface area contributed by atoms with Crippen LogP contribution in [0.15, 0.2) is 117 Å². The first kappa shape index (κ1) is 33.4.